The van der Waals surface area contributed by atoms with Gasteiger partial charge in [0, 0.05) is 11.6 Å². The van der Waals surface area contributed by atoms with Crippen LogP contribution in [0.15, 0.2) is 12.1 Å². The zero-order valence-corrected chi connectivity index (χ0v) is 9.78. The Balaban J connectivity index is 2.31. The number of halogens is 4. The van der Waals surface area contributed by atoms with E-state index >= 15 is 0 Å². The monoisotopic (exact) mass is 248 g/mol. The Bertz CT molecular complexity index is 429. The van der Waals surface area contributed by atoms with Gasteiger partial charge in [-0.3, -0.25) is 0 Å². The van der Waals surface area contributed by atoms with Gasteiger partial charge >= 0.3 is 0 Å². The van der Waals surface area contributed by atoms with Crippen molar-refractivity contribution in [1.29, 1.82) is 0 Å². The van der Waals surface area contributed by atoms with Crippen molar-refractivity contribution in [2.45, 2.75) is 25.6 Å². The lowest BCUT2D eigenvalue weighted by Gasteiger charge is -2.13. The lowest BCUT2D eigenvalue weighted by Crippen LogP contribution is -2.03. The molecule has 0 saturated heterocycles. The van der Waals surface area contributed by atoms with Crippen LogP contribution in [0.5, 0.6) is 0 Å². The number of hydrogen-bond donors (Lipinski definition) is 0. The van der Waals surface area contributed by atoms with E-state index in [0.717, 1.165) is 12.5 Å². The number of hydrogen-bond acceptors (Lipinski definition) is 0. The van der Waals surface area contributed by atoms with Crippen molar-refractivity contribution in [3.63, 3.8) is 0 Å². The van der Waals surface area contributed by atoms with Crippen LogP contribution in [0.2, 0.25) is 0 Å². The van der Waals surface area contributed by atoms with Gasteiger partial charge in [-0.1, -0.05) is 13.8 Å². The van der Waals surface area contributed by atoms with Gasteiger partial charge in [-0.05, 0) is 23.8 Å². The van der Waals surface area contributed by atoms with E-state index in [0.29, 0.717) is 6.07 Å². The summed E-state index contributed by atoms with van der Waals surface area (Å²) in [5.41, 5.74) is 0.111. The van der Waals surface area contributed by atoms with Crippen molar-refractivity contribution in [1.82, 2.24) is 0 Å². The van der Waals surface area contributed by atoms with Crippen LogP contribution in [0.3, 0.4) is 0 Å². The second-order valence-electron chi connectivity index (χ2n) is 4.99. The van der Waals surface area contributed by atoms with Crippen LogP contribution < -0.4 is 0 Å². The van der Waals surface area contributed by atoms with Crippen molar-refractivity contribution < 1.29 is 13.2 Å². The molecule has 2 unspecified atom stereocenters. The molecule has 1 aliphatic carbocycles. The third-order valence-corrected chi connectivity index (χ3v) is 3.82. The van der Waals surface area contributed by atoms with Crippen LogP contribution in [0.25, 0.3) is 0 Å². The first-order valence-corrected chi connectivity index (χ1v) is 5.55. The second-order valence-corrected chi connectivity index (χ2v) is 5.46. The van der Waals surface area contributed by atoms with Crippen LogP contribution in [0.1, 0.15) is 31.2 Å². The maximum atomic E-state index is 13.4. The van der Waals surface area contributed by atoms with Crippen molar-refractivity contribution in [2.75, 3.05) is 0 Å². The molecule has 0 spiro atoms. The van der Waals surface area contributed by atoms with E-state index in [1.54, 1.807) is 0 Å². The minimum Gasteiger partial charge on any atom is -0.207 e. The molecule has 2 atom stereocenters. The van der Waals surface area contributed by atoms with E-state index in [1.807, 2.05) is 13.8 Å². The van der Waals surface area contributed by atoms with Gasteiger partial charge in [0.1, 0.15) is 5.82 Å². The Morgan fingerprint density at radius 1 is 1.19 bits per heavy atom. The SMILES string of the molecule is CC1(C)CC1C(Cl)c1cc(F)c(F)cc1F. The Hall–Kier alpha value is -0.700. The Kier molecular flexibility index (Phi) is 2.69. The molecule has 4 heteroatoms. The lowest BCUT2D eigenvalue weighted by molar-refractivity contribution is 0.481. The molecule has 0 aromatic heterocycles. The molecule has 0 aliphatic heterocycles. The van der Waals surface area contributed by atoms with Crippen molar-refractivity contribution in [3.8, 4) is 0 Å². The lowest BCUT2D eigenvalue weighted by atomic mass is 10.0. The van der Waals surface area contributed by atoms with E-state index in [1.165, 1.54) is 0 Å². The maximum absolute atomic E-state index is 13.4. The van der Waals surface area contributed by atoms with Gasteiger partial charge in [-0.15, -0.1) is 11.6 Å². The third-order valence-electron chi connectivity index (χ3n) is 3.28. The molecule has 1 aromatic rings. The summed E-state index contributed by atoms with van der Waals surface area (Å²) in [6.07, 6.45) is 0.875. The number of alkyl halides is 1. The molecule has 2 rings (SSSR count). The fourth-order valence-electron chi connectivity index (χ4n) is 1.97. The fourth-order valence-corrected chi connectivity index (χ4v) is 2.57. The molecule has 16 heavy (non-hydrogen) atoms. The van der Waals surface area contributed by atoms with Crippen LogP contribution in [0, 0.1) is 28.8 Å². The zero-order chi connectivity index (χ0) is 12.1. The maximum Gasteiger partial charge on any atom is 0.161 e. The standard InChI is InChI=1S/C12H12ClF3/c1-12(2)5-7(12)11(13)6-3-9(15)10(16)4-8(6)14/h3-4,7,11H,5H2,1-2H3. The second kappa shape index (κ2) is 3.66. The highest BCUT2D eigenvalue weighted by atomic mass is 35.5. The highest BCUT2D eigenvalue weighted by Gasteiger charge is 2.50. The summed E-state index contributed by atoms with van der Waals surface area (Å²) in [4.78, 5) is 0. The molecule has 1 fully saturated rings. The van der Waals surface area contributed by atoms with Gasteiger partial charge in [0.15, 0.2) is 11.6 Å². The molecule has 1 aromatic carbocycles. The molecule has 0 nitrogen and oxygen atoms in total. The molecule has 0 N–H and O–H groups in total. The first-order valence-electron chi connectivity index (χ1n) is 5.11. The number of benzene rings is 1. The number of rotatable bonds is 2. The predicted molar refractivity (Wildman–Crippen MR) is 56.8 cm³/mol. The molecular weight excluding hydrogens is 237 g/mol. The first kappa shape index (κ1) is 11.8. The molecule has 0 bridgehead atoms. The summed E-state index contributed by atoms with van der Waals surface area (Å²) in [7, 11) is 0. The first-order chi connectivity index (χ1) is 7.33. The van der Waals surface area contributed by atoms with Gasteiger partial charge in [-0.25, -0.2) is 13.2 Å². The Morgan fingerprint density at radius 3 is 2.19 bits per heavy atom. The van der Waals surface area contributed by atoms with Gasteiger partial charge in [-0.2, -0.15) is 0 Å². The summed E-state index contributed by atoms with van der Waals surface area (Å²) in [5.74, 6) is -2.89. The highest BCUT2D eigenvalue weighted by molar-refractivity contribution is 6.21. The molecule has 0 radical (unpaired) electrons. The fraction of sp³-hybridized carbons (Fsp3) is 0.500. The normalized spacial score (nSPS) is 24.2. The van der Waals surface area contributed by atoms with Crippen molar-refractivity contribution in [3.05, 3.63) is 35.1 Å². The van der Waals surface area contributed by atoms with Crippen LogP contribution >= 0.6 is 11.6 Å². The molecule has 88 valence electrons. The topological polar surface area (TPSA) is 0 Å². The third kappa shape index (κ3) is 1.93. The summed E-state index contributed by atoms with van der Waals surface area (Å²) < 4.78 is 39.2. The molecule has 1 saturated carbocycles. The van der Waals surface area contributed by atoms with Gasteiger partial charge in [0.2, 0.25) is 0 Å². The quantitative estimate of drug-likeness (QED) is 0.537. The molecule has 0 amide bonds. The predicted octanol–water partition coefficient (Wildman–Crippen LogP) is 4.43. The zero-order valence-electron chi connectivity index (χ0n) is 9.03. The van der Waals surface area contributed by atoms with Crippen molar-refractivity contribution in [2.24, 2.45) is 11.3 Å². The minimum absolute atomic E-state index is 0.0520. The Labute approximate surface area is 97.4 Å². The van der Waals surface area contributed by atoms with Gasteiger partial charge in [0.05, 0.1) is 5.38 Å². The largest absolute Gasteiger partial charge is 0.207 e. The summed E-state index contributed by atoms with van der Waals surface area (Å²) in [5, 5.41) is -0.593. The van der Waals surface area contributed by atoms with E-state index in [-0.39, 0.29) is 16.9 Å². The highest BCUT2D eigenvalue weighted by Crippen LogP contribution is 2.60. The smallest absolute Gasteiger partial charge is 0.161 e. The van der Waals surface area contributed by atoms with Crippen LogP contribution in [-0.4, -0.2) is 0 Å². The Morgan fingerprint density at radius 2 is 1.69 bits per heavy atom. The van der Waals surface area contributed by atoms with Gasteiger partial charge < -0.3 is 0 Å². The minimum atomic E-state index is -1.18. The van der Waals surface area contributed by atoms with Crippen LogP contribution in [0.4, 0.5) is 13.2 Å². The van der Waals surface area contributed by atoms with Crippen molar-refractivity contribution >= 4 is 11.6 Å². The van der Waals surface area contributed by atoms with E-state index < -0.39 is 22.8 Å². The average Bonchev–Trinajstić information content (AvgIpc) is 2.80. The van der Waals surface area contributed by atoms with E-state index in [2.05, 4.69) is 0 Å². The van der Waals surface area contributed by atoms with E-state index in [4.69, 9.17) is 11.6 Å². The molecule has 0 heterocycles. The summed E-state index contributed by atoms with van der Waals surface area (Å²) in [6, 6.07) is 1.41. The molecule has 1 aliphatic rings. The van der Waals surface area contributed by atoms with Crippen LogP contribution in [-0.2, 0) is 0 Å². The van der Waals surface area contributed by atoms with Gasteiger partial charge in [0.25, 0.3) is 0 Å². The average molecular weight is 249 g/mol. The van der Waals surface area contributed by atoms with E-state index in [9.17, 15) is 13.2 Å². The molecular formula is C12H12ClF3. The summed E-state index contributed by atoms with van der Waals surface area (Å²) >= 11 is 6.09. The summed E-state index contributed by atoms with van der Waals surface area (Å²) in [6.45, 7) is 4.04.